The van der Waals surface area contributed by atoms with E-state index in [0.717, 1.165) is 39.0 Å². The number of hydrazine groups is 1. The Kier molecular flexibility index (Phi) is 15.1. The van der Waals surface area contributed by atoms with Gasteiger partial charge in [0.15, 0.2) is 0 Å². The first-order valence-corrected chi connectivity index (χ1v) is 23.8. The van der Waals surface area contributed by atoms with Crippen LogP contribution in [0.2, 0.25) is 0 Å². The van der Waals surface area contributed by atoms with Crippen LogP contribution in [0.5, 0.6) is 5.75 Å². The number of carbonyl (C=O) groups is 5. The van der Waals surface area contributed by atoms with Crippen LogP contribution in [0.3, 0.4) is 0 Å². The summed E-state index contributed by atoms with van der Waals surface area (Å²) in [4.78, 5) is 76.2. The van der Waals surface area contributed by atoms with E-state index in [1.54, 1.807) is 33.2 Å². The van der Waals surface area contributed by atoms with Gasteiger partial charge in [0.1, 0.15) is 23.9 Å². The van der Waals surface area contributed by atoms with Crippen molar-refractivity contribution in [2.45, 2.75) is 117 Å². The van der Waals surface area contributed by atoms with Gasteiger partial charge in [-0.3, -0.25) is 29.2 Å². The predicted octanol–water partition coefficient (Wildman–Crippen LogP) is 7.37. The summed E-state index contributed by atoms with van der Waals surface area (Å²) in [6.45, 7) is 12.3. The first-order chi connectivity index (χ1) is 32.6. The van der Waals surface area contributed by atoms with Crippen molar-refractivity contribution in [2.75, 3.05) is 40.4 Å². The Balaban J connectivity index is 1.27. The summed E-state index contributed by atoms with van der Waals surface area (Å²) in [5, 5.41) is 16.5. The SMILES string of the molecule is CCn1c(-c2cccnc2[C@H](C)OC)c2c3cc(ccc31)-c1cc(O)cc(c1)C[C@H](NC(=O)C(C(C)C)N(C)C(=O)N1CCC(C(=O)C(F)(F)F)CC1)C(=O)N1CCC[C@H](N1)C(=O)OCC(C)(C)C2. The molecule has 2 aromatic heterocycles. The average molecular weight is 960 g/mol. The van der Waals surface area contributed by atoms with Gasteiger partial charge in [-0.05, 0) is 111 Å². The lowest BCUT2D eigenvalue weighted by Crippen LogP contribution is -2.62. The van der Waals surface area contributed by atoms with E-state index in [2.05, 4.69) is 28.3 Å². The fraction of sp³-hybridized carbons (Fsp3) is 0.529. The number of halogens is 3. The molecular weight excluding hydrogens is 896 g/mol. The number of urea groups is 1. The lowest BCUT2D eigenvalue weighted by atomic mass is 9.84. The number of nitrogens with one attached hydrogen (secondary N) is 2. The number of cyclic esters (lactones) is 1. The molecule has 3 aliphatic rings. The Hall–Kier alpha value is -6.01. The number of fused-ring (bicyclic) bond motifs is 6. The first-order valence-electron chi connectivity index (χ1n) is 23.8. The van der Waals surface area contributed by atoms with Gasteiger partial charge in [0, 0.05) is 80.8 Å². The van der Waals surface area contributed by atoms with E-state index in [1.165, 1.54) is 27.9 Å². The van der Waals surface area contributed by atoms with E-state index >= 15 is 0 Å². The number of rotatable bonds is 9. The zero-order valence-corrected chi connectivity index (χ0v) is 40.6. The van der Waals surface area contributed by atoms with Crippen LogP contribution in [0, 0.1) is 17.3 Å². The third kappa shape index (κ3) is 10.9. The zero-order valence-electron chi connectivity index (χ0n) is 40.6. The number of pyridine rings is 1. The second-order valence-corrected chi connectivity index (χ2v) is 19.7. The second-order valence-electron chi connectivity index (χ2n) is 19.7. The number of aromatic hydroxyl groups is 1. The Bertz CT molecular complexity index is 2590. The molecule has 15 nitrogen and oxygen atoms in total. The Morgan fingerprint density at radius 1 is 1.03 bits per heavy atom. The summed E-state index contributed by atoms with van der Waals surface area (Å²) in [6.07, 6.45) is -2.63. The molecule has 372 valence electrons. The quantitative estimate of drug-likeness (QED) is 0.144. The highest BCUT2D eigenvalue weighted by Crippen LogP contribution is 2.42. The smallest absolute Gasteiger partial charge is 0.450 e. The number of likely N-dealkylation sites (N-methyl/N-ethyl adjacent to an activating group) is 1. The molecule has 6 bridgehead atoms. The molecule has 5 heterocycles. The highest BCUT2D eigenvalue weighted by atomic mass is 19.4. The number of phenols is 1. The summed E-state index contributed by atoms with van der Waals surface area (Å²) in [7, 11) is 3.07. The Morgan fingerprint density at radius 3 is 2.42 bits per heavy atom. The van der Waals surface area contributed by atoms with Crippen molar-refractivity contribution in [2.24, 2.45) is 17.3 Å². The molecule has 2 aromatic carbocycles. The van der Waals surface area contributed by atoms with Gasteiger partial charge >= 0.3 is 18.2 Å². The standard InChI is InChI=1S/C51H64F3N7O8/c1-9-60-41-15-14-33-26-37(41)38(44(60)36-12-10-18-55-42(36)30(4)68-8)27-50(5,6)28-69-48(66)39-13-11-19-61(57-39)47(65)40(24-31-22-34(33)25-35(62)23-31)56-46(64)43(29(2)3)58(7)49(67)59-20-16-32(17-21-59)45(63)51(52,53)54/h10,12,14-15,18,22-23,25-26,29-30,32,39-40,43,57,62H,9,11,13,16-17,19-21,24,27-28H2,1-8H3,(H,56,64)/t30-,39-,40-,43?/m0/s1. The van der Waals surface area contributed by atoms with Crippen molar-refractivity contribution in [3.63, 3.8) is 0 Å². The number of hydrogen-bond acceptors (Lipinski definition) is 10. The van der Waals surface area contributed by atoms with E-state index in [0.29, 0.717) is 36.9 Å². The molecule has 0 aliphatic carbocycles. The second kappa shape index (κ2) is 20.5. The number of ether oxygens (including phenoxy) is 2. The molecule has 4 atom stereocenters. The molecule has 3 N–H and O–H groups in total. The van der Waals surface area contributed by atoms with Crippen LogP contribution in [0.15, 0.2) is 54.7 Å². The first kappa shape index (κ1) is 50.9. The number of ketones is 1. The molecule has 7 rings (SSSR count). The number of likely N-dealkylation sites (tertiary alicyclic amines) is 1. The topological polar surface area (TPSA) is 176 Å². The summed E-state index contributed by atoms with van der Waals surface area (Å²) < 4.78 is 53.6. The molecule has 0 saturated carbocycles. The molecule has 18 heteroatoms. The molecule has 2 fully saturated rings. The van der Waals surface area contributed by atoms with Gasteiger partial charge in [0.2, 0.25) is 11.7 Å². The van der Waals surface area contributed by atoms with Crippen LogP contribution in [0.4, 0.5) is 18.0 Å². The minimum atomic E-state index is -4.97. The van der Waals surface area contributed by atoms with Crippen molar-refractivity contribution in [1.29, 1.82) is 0 Å². The van der Waals surface area contributed by atoms with Gasteiger partial charge in [0.05, 0.1) is 24.1 Å². The van der Waals surface area contributed by atoms with E-state index in [-0.39, 0.29) is 57.4 Å². The number of benzene rings is 2. The van der Waals surface area contributed by atoms with Crippen LogP contribution in [0.25, 0.3) is 33.3 Å². The number of aryl methyl sites for hydroxylation is 1. The lowest BCUT2D eigenvalue weighted by molar-refractivity contribution is -0.176. The highest BCUT2D eigenvalue weighted by molar-refractivity contribution is 5.96. The molecule has 69 heavy (non-hydrogen) atoms. The number of alkyl halides is 3. The van der Waals surface area contributed by atoms with Gasteiger partial charge in [-0.1, -0.05) is 39.8 Å². The Morgan fingerprint density at radius 2 is 1.75 bits per heavy atom. The van der Waals surface area contributed by atoms with Crippen molar-refractivity contribution < 1.29 is 51.7 Å². The van der Waals surface area contributed by atoms with Crippen LogP contribution < -0.4 is 10.7 Å². The van der Waals surface area contributed by atoms with Gasteiger partial charge in [-0.25, -0.2) is 10.2 Å². The average Bonchev–Trinajstić information content (AvgIpc) is 3.62. The number of esters is 1. The maximum atomic E-state index is 14.7. The highest BCUT2D eigenvalue weighted by Gasteiger charge is 2.45. The van der Waals surface area contributed by atoms with Crippen molar-refractivity contribution in [1.82, 2.24) is 35.1 Å². The summed E-state index contributed by atoms with van der Waals surface area (Å²) in [6, 6.07) is 11.2. The monoisotopic (exact) mass is 959 g/mol. The summed E-state index contributed by atoms with van der Waals surface area (Å²) >= 11 is 0. The van der Waals surface area contributed by atoms with Gasteiger partial charge in [-0.2, -0.15) is 13.2 Å². The number of Topliss-reactive ketones (excluding diaryl/α,β-unsaturated/α-hetero) is 1. The third-order valence-electron chi connectivity index (χ3n) is 13.7. The van der Waals surface area contributed by atoms with E-state index in [4.69, 9.17) is 14.5 Å². The number of nitrogens with zero attached hydrogens (tertiary/aromatic N) is 5. The Labute approximate surface area is 400 Å². The molecule has 1 unspecified atom stereocenters. The van der Waals surface area contributed by atoms with Gasteiger partial charge < -0.3 is 34.3 Å². The molecule has 2 saturated heterocycles. The maximum absolute atomic E-state index is 14.7. The number of methoxy groups -OCH3 is 1. The van der Waals surface area contributed by atoms with E-state index in [1.807, 2.05) is 51.1 Å². The normalized spacial score (nSPS) is 20.3. The van der Waals surface area contributed by atoms with Gasteiger partial charge in [-0.15, -0.1) is 0 Å². The van der Waals surface area contributed by atoms with Crippen molar-refractivity contribution in [3.05, 3.63) is 71.5 Å². The number of amides is 4. The number of aromatic nitrogens is 2. The van der Waals surface area contributed by atoms with Crippen LogP contribution in [-0.2, 0) is 48.0 Å². The third-order valence-corrected chi connectivity index (χ3v) is 13.7. The number of carbonyl (C=O) groups excluding carboxylic acids is 5. The van der Waals surface area contributed by atoms with Crippen LogP contribution in [0.1, 0.15) is 90.2 Å². The largest absolute Gasteiger partial charge is 0.508 e. The van der Waals surface area contributed by atoms with Crippen molar-refractivity contribution in [3.8, 4) is 28.1 Å². The van der Waals surface area contributed by atoms with E-state index in [9.17, 15) is 42.3 Å². The minimum absolute atomic E-state index is 0.0609. The minimum Gasteiger partial charge on any atom is -0.508 e. The molecular formula is C51H64F3N7O8. The predicted molar refractivity (Wildman–Crippen MR) is 252 cm³/mol. The number of piperidine rings is 1. The summed E-state index contributed by atoms with van der Waals surface area (Å²) in [5.74, 6) is -5.38. The molecule has 0 radical (unpaired) electrons. The number of phenolic OH excluding ortho intramolecular Hbond substituents is 1. The lowest BCUT2D eigenvalue weighted by Gasteiger charge is -2.39. The fourth-order valence-corrected chi connectivity index (χ4v) is 10.2. The maximum Gasteiger partial charge on any atom is 0.450 e. The van der Waals surface area contributed by atoms with Crippen molar-refractivity contribution >= 4 is 40.5 Å². The fourth-order valence-electron chi connectivity index (χ4n) is 10.2. The summed E-state index contributed by atoms with van der Waals surface area (Å²) in [5.41, 5.74) is 9.09. The van der Waals surface area contributed by atoms with Gasteiger partial charge in [0.25, 0.3) is 5.91 Å². The molecule has 3 aliphatic heterocycles. The molecule has 4 amide bonds. The molecule has 4 aromatic rings. The zero-order chi connectivity index (χ0) is 50.1. The van der Waals surface area contributed by atoms with E-state index < -0.39 is 71.2 Å². The molecule has 0 spiro atoms. The number of hydrogen-bond donors (Lipinski definition) is 3. The van der Waals surface area contributed by atoms with Crippen LogP contribution >= 0.6 is 0 Å². The van der Waals surface area contributed by atoms with Crippen LogP contribution in [-0.4, -0.2) is 124 Å².